The van der Waals surface area contributed by atoms with Crippen LogP contribution in [0.15, 0.2) is 72.8 Å². The first-order valence-corrected chi connectivity index (χ1v) is 13.5. The molecular formula is C29H30Cl2N4O. The second kappa shape index (κ2) is 9.87. The highest BCUT2D eigenvalue weighted by Gasteiger charge is 2.43. The molecule has 0 aliphatic carbocycles. The monoisotopic (exact) mass is 520 g/mol. The summed E-state index contributed by atoms with van der Waals surface area (Å²) >= 11 is 12.8. The molecule has 3 aliphatic heterocycles. The van der Waals surface area contributed by atoms with Crippen LogP contribution in [-0.4, -0.2) is 62.7 Å². The quantitative estimate of drug-likeness (QED) is 0.474. The van der Waals surface area contributed by atoms with Crippen molar-refractivity contribution in [3.63, 3.8) is 0 Å². The predicted octanol–water partition coefficient (Wildman–Crippen LogP) is 5.21. The Hall–Kier alpha value is -2.89. The van der Waals surface area contributed by atoms with E-state index in [-0.39, 0.29) is 17.9 Å². The molecule has 3 aromatic carbocycles. The van der Waals surface area contributed by atoms with Gasteiger partial charge in [0, 0.05) is 62.2 Å². The SMILES string of the molecule is O=C(C1Cc2ccccc2N2CCN(c3ccccc3Cl)CC12)N1CCN(c2cccc(Cl)c2)CC1. The number of fused-ring (bicyclic) bond motifs is 3. The average molecular weight is 521 g/mol. The zero-order valence-electron chi connectivity index (χ0n) is 20.2. The maximum Gasteiger partial charge on any atom is 0.228 e. The molecule has 6 rings (SSSR count). The van der Waals surface area contributed by atoms with E-state index >= 15 is 0 Å². The number of hydrogen-bond donors (Lipinski definition) is 0. The zero-order valence-corrected chi connectivity index (χ0v) is 21.7. The summed E-state index contributed by atoms with van der Waals surface area (Å²) in [5, 5.41) is 1.51. The first-order chi connectivity index (χ1) is 17.6. The van der Waals surface area contributed by atoms with Crippen LogP contribution < -0.4 is 14.7 Å². The number of nitrogens with zero attached hydrogens (tertiary/aromatic N) is 4. The number of piperazine rings is 2. The van der Waals surface area contributed by atoms with Gasteiger partial charge in [-0.3, -0.25) is 4.79 Å². The minimum absolute atomic E-state index is 0.0806. The molecule has 2 atom stereocenters. The highest BCUT2D eigenvalue weighted by Crippen LogP contribution is 2.38. The Morgan fingerprint density at radius 1 is 0.750 bits per heavy atom. The standard InChI is InChI=1S/C29H30Cl2N4O/c30-22-7-5-8-23(19-22)32-12-14-33(15-13-32)29(36)24-18-21-6-1-3-10-26(21)35-17-16-34(20-28(24)35)27-11-4-2-9-25(27)31/h1-11,19,24,28H,12-18,20H2. The molecule has 1 amide bonds. The van der Waals surface area contributed by atoms with E-state index < -0.39 is 0 Å². The van der Waals surface area contributed by atoms with E-state index in [1.807, 2.05) is 36.4 Å². The number of rotatable bonds is 3. The van der Waals surface area contributed by atoms with Crippen molar-refractivity contribution in [2.24, 2.45) is 5.92 Å². The van der Waals surface area contributed by atoms with Crippen molar-refractivity contribution in [1.82, 2.24) is 4.90 Å². The summed E-state index contributed by atoms with van der Waals surface area (Å²) in [6.45, 7) is 5.63. The minimum Gasteiger partial charge on any atom is -0.368 e. The van der Waals surface area contributed by atoms with Crippen LogP contribution in [0.5, 0.6) is 0 Å². The van der Waals surface area contributed by atoms with Crippen LogP contribution in [0.3, 0.4) is 0 Å². The van der Waals surface area contributed by atoms with Crippen molar-refractivity contribution >= 4 is 46.2 Å². The fourth-order valence-electron chi connectivity index (χ4n) is 6.06. The third kappa shape index (κ3) is 4.39. The summed E-state index contributed by atoms with van der Waals surface area (Å²) in [6.07, 6.45) is 0.779. The molecule has 2 saturated heterocycles. The Kier molecular flexibility index (Phi) is 6.44. The number of benzene rings is 3. The van der Waals surface area contributed by atoms with Gasteiger partial charge in [-0.1, -0.05) is 59.6 Å². The van der Waals surface area contributed by atoms with Crippen LogP contribution in [0.1, 0.15) is 5.56 Å². The summed E-state index contributed by atoms with van der Waals surface area (Å²) < 4.78 is 0. The van der Waals surface area contributed by atoms with E-state index in [4.69, 9.17) is 23.2 Å². The molecule has 3 heterocycles. The number of amides is 1. The summed E-state index contributed by atoms with van der Waals surface area (Å²) in [6, 6.07) is 24.7. The van der Waals surface area contributed by atoms with Gasteiger partial charge in [-0.05, 0) is 48.4 Å². The molecule has 5 nitrogen and oxygen atoms in total. The lowest BCUT2D eigenvalue weighted by atomic mass is 9.82. The van der Waals surface area contributed by atoms with Crippen LogP contribution in [-0.2, 0) is 11.2 Å². The molecule has 7 heteroatoms. The second-order valence-electron chi connectivity index (χ2n) is 9.89. The smallest absolute Gasteiger partial charge is 0.228 e. The van der Waals surface area contributed by atoms with Gasteiger partial charge in [0.15, 0.2) is 0 Å². The number of carbonyl (C=O) groups is 1. The molecule has 36 heavy (non-hydrogen) atoms. The minimum atomic E-state index is -0.0806. The molecule has 0 saturated carbocycles. The van der Waals surface area contributed by atoms with Gasteiger partial charge in [-0.15, -0.1) is 0 Å². The lowest BCUT2D eigenvalue weighted by Gasteiger charge is -2.50. The average Bonchev–Trinajstić information content (AvgIpc) is 2.92. The molecule has 0 spiro atoms. The maximum atomic E-state index is 14.0. The fraction of sp³-hybridized carbons (Fsp3) is 0.345. The fourth-order valence-corrected chi connectivity index (χ4v) is 6.50. The first kappa shape index (κ1) is 23.5. The molecule has 2 unspecified atom stereocenters. The lowest BCUT2D eigenvalue weighted by Crippen LogP contribution is -2.62. The van der Waals surface area contributed by atoms with Gasteiger partial charge in [0.1, 0.15) is 0 Å². The number of halogens is 2. The summed E-state index contributed by atoms with van der Waals surface area (Å²) in [5.41, 5.74) is 4.72. The third-order valence-electron chi connectivity index (χ3n) is 7.90. The Bertz CT molecular complexity index is 1260. The number of carbonyl (C=O) groups excluding carboxylic acids is 1. The zero-order chi connectivity index (χ0) is 24.6. The van der Waals surface area contributed by atoms with Crippen molar-refractivity contribution in [3.8, 4) is 0 Å². The maximum absolute atomic E-state index is 14.0. The molecular weight excluding hydrogens is 491 g/mol. The van der Waals surface area contributed by atoms with Crippen molar-refractivity contribution in [2.45, 2.75) is 12.5 Å². The van der Waals surface area contributed by atoms with Crippen LogP contribution >= 0.6 is 23.2 Å². The van der Waals surface area contributed by atoms with Crippen molar-refractivity contribution in [3.05, 3.63) is 88.4 Å². The summed E-state index contributed by atoms with van der Waals surface area (Å²) in [4.78, 5) is 23.3. The third-order valence-corrected chi connectivity index (χ3v) is 8.45. The van der Waals surface area contributed by atoms with Gasteiger partial charge in [0.25, 0.3) is 0 Å². The molecule has 3 aliphatic rings. The van der Waals surface area contributed by atoms with E-state index in [1.165, 1.54) is 11.3 Å². The Balaban J connectivity index is 1.23. The Morgan fingerprint density at radius 2 is 1.47 bits per heavy atom. The molecule has 0 N–H and O–H groups in total. The van der Waals surface area contributed by atoms with Gasteiger partial charge in [-0.2, -0.15) is 0 Å². The Morgan fingerprint density at radius 3 is 2.25 bits per heavy atom. The van der Waals surface area contributed by atoms with Crippen molar-refractivity contribution in [2.75, 3.05) is 60.5 Å². The van der Waals surface area contributed by atoms with E-state index in [0.29, 0.717) is 0 Å². The van der Waals surface area contributed by atoms with Crippen LogP contribution in [0.25, 0.3) is 0 Å². The van der Waals surface area contributed by atoms with E-state index in [2.05, 4.69) is 56.0 Å². The normalized spacial score (nSPS) is 21.7. The highest BCUT2D eigenvalue weighted by atomic mass is 35.5. The number of para-hydroxylation sites is 2. The van der Waals surface area contributed by atoms with E-state index in [0.717, 1.165) is 73.7 Å². The summed E-state index contributed by atoms with van der Waals surface area (Å²) in [5.74, 6) is 0.189. The van der Waals surface area contributed by atoms with Gasteiger partial charge in [0.2, 0.25) is 5.91 Å². The van der Waals surface area contributed by atoms with E-state index in [9.17, 15) is 4.79 Å². The molecule has 0 radical (unpaired) electrons. The van der Waals surface area contributed by atoms with Gasteiger partial charge >= 0.3 is 0 Å². The van der Waals surface area contributed by atoms with Crippen LogP contribution in [0, 0.1) is 5.92 Å². The largest absolute Gasteiger partial charge is 0.368 e. The second-order valence-corrected chi connectivity index (χ2v) is 10.7. The number of hydrogen-bond acceptors (Lipinski definition) is 4. The lowest BCUT2D eigenvalue weighted by molar-refractivity contribution is -0.136. The number of anilines is 3. The molecule has 186 valence electrons. The van der Waals surface area contributed by atoms with Gasteiger partial charge in [-0.25, -0.2) is 0 Å². The topological polar surface area (TPSA) is 30.0 Å². The van der Waals surface area contributed by atoms with Crippen molar-refractivity contribution in [1.29, 1.82) is 0 Å². The summed E-state index contributed by atoms with van der Waals surface area (Å²) in [7, 11) is 0. The van der Waals surface area contributed by atoms with Gasteiger partial charge < -0.3 is 19.6 Å². The Labute approximate surface area is 222 Å². The van der Waals surface area contributed by atoms with Gasteiger partial charge in [0.05, 0.1) is 22.7 Å². The van der Waals surface area contributed by atoms with Crippen molar-refractivity contribution < 1.29 is 4.79 Å². The highest BCUT2D eigenvalue weighted by molar-refractivity contribution is 6.33. The van der Waals surface area contributed by atoms with Crippen LogP contribution in [0.2, 0.25) is 10.0 Å². The van der Waals surface area contributed by atoms with E-state index in [1.54, 1.807) is 0 Å². The molecule has 0 bridgehead atoms. The predicted molar refractivity (Wildman–Crippen MR) is 149 cm³/mol. The van der Waals surface area contributed by atoms with Crippen LogP contribution in [0.4, 0.5) is 17.1 Å². The first-order valence-electron chi connectivity index (χ1n) is 12.7. The molecule has 0 aromatic heterocycles. The molecule has 2 fully saturated rings. The molecule has 3 aromatic rings.